The molecule has 1 N–H and O–H groups in total. The lowest BCUT2D eigenvalue weighted by molar-refractivity contribution is 0.300. The Morgan fingerprint density at radius 1 is 1.19 bits per heavy atom. The van der Waals surface area contributed by atoms with E-state index in [0.29, 0.717) is 31.1 Å². The Labute approximate surface area is 161 Å². The van der Waals surface area contributed by atoms with E-state index in [0.717, 1.165) is 22.3 Å². The summed E-state index contributed by atoms with van der Waals surface area (Å²) in [5.41, 5.74) is 1.12. The molecule has 0 aliphatic carbocycles. The van der Waals surface area contributed by atoms with Gasteiger partial charge in [-0.2, -0.15) is 0 Å². The van der Waals surface area contributed by atoms with E-state index in [1.165, 1.54) is 0 Å². The molecule has 7 heteroatoms. The Hall–Kier alpha value is -1.86. The molecular weight excluding hydrogens is 401 g/mol. The lowest BCUT2D eigenvalue weighted by Gasteiger charge is -2.17. The lowest BCUT2D eigenvalue weighted by atomic mass is 10.1. The molecule has 1 saturated heterocycles. The van der Waals surface area contributed by atoms with E-state index >= 15 is 0 Å². The van der Waals surface area contributed by atoms with Gasteiger partial charge in [0.2, 0.25) is 0 Å². The van der Waals surface area contributed by atoms with E-state index in [1.54, 1.807) is 20.4 Å². The van der Waals surface area contributed by atoms with Gasteiger partial charge in [-0.15, -0.1) is 0 Å². The highest BCUT2D eigenvalue weighted by molar-refractivity contribution is 9.10. The van der Waals surface area contributed by atoms with Crippen molar-refractivity contribution >= 4 is 21.7 Å². The number of nitrogens with zero attached hydrogens (tertiary/aromatic N) is 2. The third-order valence-corrected chi connectivity index (χ3v) is 5.02. The Balaban J connectivity index is 1.53. The van der Waals surface area contributed by atoms with Crippen molar-refractivity contribution in [1.29, 1.82) is 0 Å². The van der Waals surface area contributed by atoms with Gasteiger partial charge in [-0.1, -0.05) is 6.07 Å². The first-order valence-corrected chi connectivity index (χ1v) is 9.35. The van der Waals surface area contributed by atoms with Crippen LogP contribution in [0.4, 0.5) is 10.2 Å². The van der Waals surface area contributed by atoms with Crippen molar-refractivity contribution in [2.45, 2.75) is 18.6 Å². The van der Waals surface area contributed by atoms with Crippen molar-refractivity contribution in [3.05, 3.63) is 46.6 Å². The van der Waals surface area contributed by atoms with Crippen molar-refractivity contribution < 1.29 is 13.9 Å². The molecule has 0 radical (unpaired) electrons. The second-order valence-corrected chi connectivity index (χ2v) is 7.17. The second-order valence-electron chi connectivity index (χ2n) is 6.26. The van der Waals surface area contributed by atoms with Crippen LogP contribution in [0.5, 0.6) is 11.5 Å². The smallest absolute Gasteiger partial charge is 0.160 e. The predicted octanol–water partition coefficient (Wildman–Crippen LogP) is 3.22. The van der Waals surface area contributed by atoms with Gasteiger partial charge in [0.25, 0.3) is 0 Å². The largest absolute Gasteiger partial charge is 0.493 e. The van der Waals surface area contributed by atoms with Crippen molar-refractivity contribution in [1.82, 2.24) is 10.3 Å². The predicted molar refractivity (Wildman–Crippen MR) is 104 cm³/mol. The van der Waals surface area contributed by atoms with E-state index in [-0.39, 0.29) is 6.04 Å². The summed E-state index contributed by atoms with van der Waals surface area (Å²) >= 11 is 3.37. The maximum absolute atomic E-state index is 14.4. The molecule has 0 spiro atoms. The third-order valence-electron chi connectivity index (χ3n) is 4.55. The molecule has 0 bridgehead atoms. The number of nitrogens with one attached hydrogen (secondary N) is 1. The number of hydrogen-bond donors (Lipinski definition) is 1. The van der Waals surface area contributed by atoms with Crippen LogP contribution in [0.2, 0.25) is 0 Å². The van der Waals surface area contributed by atoms with Crippen LogP contribution in [-0.4, -0.2) is 51.1 Å². The molecule has 0 saturated carbocycles. The maximum Gasteiger partial charge on any atom is 0.160 e. The van der Waals surface area contributed by atoms with Gasteiger partial charge in [-0.05, 0) is 58.7 Å². The normalized spacial score (nSPS) is 19.6. The maximum atomic E-state index is 14.4. The van der Waals surface area contributed by atoms with E-state index in [2.05, 4.69) is 26.2 Å². The second kappa shape index (κ2) is 8.68. The summed E-state index contributed by atoms with van der Waals surface area (Å²) in [6.45, 7) is 1.67. The lowest BCUT2D eigenvalue weighted by Crippen LogP contribution is -2.38. The Morgan fingerprint density at radius 3 is 2.69 bits per heavy atom. The average Bonchev–Trinajstić information content (AvgIpc) is 3.03. The number of methoxy groups -OCH3 is 2. The fourth-order valence-corrected chi connectivity index (χ4v) is 3.37. The Bertz CT molecular complexity index is 729. The van der Waals surface area contributed by atoms with Crippen LogP contribution in [-0.2, 0) is 6.42 Å². The highest BCUT2D eigenvalue weighted by atomic mass is 79.9. The fraction of sp³-hybridized carbons (Fsp3) is 0.421. The van der Waals surface area contributed by atoms with Crippen LogP contribution in [0, 0.1) is 0 Å². The van der Waals surface area contributed by atoms with Gasteiger partial charge < -0.3 is 19.7 Å². The topological polar surface area (TPSA) is 46.6 Å². The summed E-state index contributed by atoms with van der Waals surface area (Å²) in [6, 6.07) is 9.49. The number of anilines is 1. The summed E-state index contributed by atoms with van der Waals surface area (Å²) in [5, 5.41) is 3.33. The molecule has 0 unspecified atom stereocenters. The van der Waals surface area contributed by atoms with E-state index in [9.17, 15) is 4.39 Å². The molecule has 3 rings (SSSR count). The molecule has 2 heterocycles. The zero-order valence-corrected chi connectivity index (χ0v) is 16.5. The van der Waals surface area contributed by atoms with Gasteiger partial charge in [0, 0.05) is 17.2 Å². The third kappa shape index (κ3) is 4.45. The number of halogens is 2. The summed E-state index contributed by atoms with van der Waals surface area (Å²) in [7, 11) is 3.24. The number of alkyl halides is 1. The van der Waals surface area contributed by atoms with E-state index < -0.39 is 6.17 Å². The standard InChI is InChI=1S/C19H23BrFN3O2/c1-25-17-5-3-13(9-18(17)26-2)7-8-22-16-12-24(11-15(16)21)19-6-4-14(20)10-23-19/h3-6,9-10,15-16,22H,7-8,11-12H2,1-2H3/t15-,16+/m0/s1. The summed E-state index contributed by atoms with van der Waals surface area (Å²) in [4.78, 5) is 6.33. The van der Waals surface area contributed by atoms with Gasteiger partial charge in [-0.3, -0.25) is 0 Å². The zero-order chi connectivity index (χ0) is 18.5. The Morgan fingerprint density at radius 2 is 2.00 bits per heavy atom. The van der Waals surface area contributed by atoms with Crippen molar-refractivity contribution in [3.63, 3.8) is 0 Å². The number of rotatable bonds is 7. The van der Waals surface area contributed by atoms with Gasteiger partial charge in [0.05, 0.1) is 26.8 Å². The van der Waals surface area contributed by atoms with Crippen molar-refractivity contribution in [2.75, 3.05) is 38.8 Å². The molecule has 1 fully saturated rings. The molecule has 2 aromatic rings. The SMILES string of the molecule is COc1ccc(CCN[C@@H]2CN(c3ccc(Br)cn3)C[C@@H]2F)cc1OC. The van der Waals surface area contributed by atoms with Gasteiger partial charge in [0.1, 0.15) is 12.0 Å². The number of benzene rings is 1. The van der Waals surface area contributed by atoms with E-state index in [1.807, 2.05) is 35.2 Å². The fourth-order valence-electron chi connectivity index (χ4n) is 3.14. The molecule has 5 nitrogen and oxygen atoms in total. The van der Waals surface area contributed by atoms with Crippen LogP contribution in [0.1, 0.15) is 5.56 Å². The van der Waals surface area contributed by atoms with Crippen LogP contribution in [0.15, 0.2) is 41.0 Å². The van der Waals surface area contributed by atoms with Crippen LogP contribution in [0.25, 0.3) is 0 Å². The minimum absolute atomic E-state index is 0.194. The summed E-state index contributed by atoms with van der Waals surface area (Å²) < 4.78 is 25.9. The number of aromatic nitrogens is 1. The van der Waals surface area contributed by atoms with Crippen LogP contribution in [0.3, 0.4) is 0 Å². The molecular formula is C19H23BrFN3O2. The Kier molecular flexibility index (Phi) is 6.32. The molecule has 2 atom stereocenters. The quantitative estimate of drug-likeness (QED) is 0.740. The summed E-state index contributed by atoms with van der Waals surface area (Å²) in [6.07, 6.45) is 1.62. The first-order chi connectivity index (χ1) is 12.6. The number of ether oxygens (including phenoxy) is 2. The summed E-state index contributed by atoms with van der Waals surface area (Å²) in [5.74, 6) is 2.23. The minimum Gasteiger partial charge on any atom is -0.493 e. The molecule has 1 aromatic heterocycles. The van der Waals surface area contributed by atoms with Gasteiger partial charge in [0.15, 0.2) is 11.5 Å². The molecule has 1 aliphatic rings. The minimum atomic E-state index is -0.911. The average molecular weight is 424 g/mol. The van der Waals surface area contributed by atoms with Crippen molar-refractivity contribution in [3.8, 4) is 11.5 Å². The van der Waals surface area contributed by atoms with Crippen LogP contribution < -0.4 is 19.7 Å². The van der Waals surface area contributed by atoms with E-state index in [4.69, 9.17) is 9.47 Å². The first-order valence-electron chi connectivity index (χ1n) is 8.55. The highest BCUT2D eigenvalue weighted by Gasteiger charge is 2.33. The van der Waals surface area contributed by atoms with Gasteiger partial charge >= 0.3 is 0 Å². The van der Waals surface area contributed by atoms with Crippen LogP contribution >= 0.6 is 15.9 Å². The highest BCUT2D eigenvalue weighted by Crippen LogP contribution is 2.27. The first kappa shape index (κ1) is 18.9. The zero-order valence-electron chi connectivity index (χ0n) is 14.9. The van der Waals surface area contributed by atoms with Crippen molar-refractivity contribution in [2.24, 2.45) is 0 Å². The molecule has 0 amide bonds. The molecule has 140 valence electrons. The van der Waals surface area contributed by atoms with Gasteiger partial charge in [-0.25, -0.2) is 9.37 Å². The molecule has 1 aliphatic heterocycles. The monoisotopic (exact) mass is 423 g/mol. The number of hydrogen-bond acceptors (Lipinski definition) is 5. The molecule has 1 aromatic carbocycles. The number of pyridine rings is 1. The molecule has 26 heavy (non-hydrogen) atoms.